The molecule has 2 aromatic heterocycles. The van der Waals surface area contributed by atoms with E-state index in [0.717, 1.165) is 54.7 Å². The van der Waals surface area contributed by atoms with Gasteiger partial charge in [0.25, 0.3) is 0 Å². The van der Waals surface area contributed by atoms with Crippen LogP contribution >= 0.6 is 22.7 Å². The minimum Gasteiger partial charge on any atom is -0.309 e. The molecule has 56 heavy (non-hydrogen) atoms. The maximum absolute atomic E-state index is 8.23. The second kappa shape index (κ2) is 14.2. The Hall–Kier alpha value is -6.72. The molecule has 0 saturated heterocycles. The number of anilines is 6. The van der Waals surface area contributed by atoms with Crippen LogP contribution in [0.3, 0.4) is 0 Å². The van der Waals surface area contributed by atoms with E-state index >= 15 is 0 Å². The van der Waals surface area contributed by atoms with Crippen LogP contribution in [0, 0.1) is 0 Å². The van der Waals surface area contributed by atoms with Gasteiger partial charge < -0.3 is 9.80 Å². The van der Waals surface area contributed by atoms with E-state index in [4.69, 9.17) is 8.22 Å². The Morgan fingerprint density at radius 2 is 0.750 bits per heavy atom. The molecule has 0 unspecified atom stereocenters. The van der Waals surface area contributed by atoms with Crippen LogP contribution in [-0.2, 0) is 0 Å². The third-order valence-electron chi connectivity index (χ3n) is 10.4. The van der Waals surface area contributed by atoms with Gasteiger partial charge in [-0.1, -0.05) is 134 Å². The molecule has 0 amide bonds. The number of rotatable bonds is 9. The standard InChI is InChI=1S/C52H36N2S2/c1-3-35-19-27-39(28-20-35)53(47-15-9-13-45-43-11-5-7-17-49(43)55-51(45)47)41-31-23-37(24-32-41)38-25-33-42(34-26-38)54(40-29-21-36(4-2)22-30-40)48-16-10-14-46-44-12-6-8-18-50(44)56-52(46)48/h3-34H,1-2H2/i1D2,2D2,3D,4D. The first-order valence-electron chi connectivity index (χ1n) is 21.3. The highest BCUT2D eigenvalue weighted by molar-refractivity contribution is 7.26. The summed E-state index contributed by atoms with van der Waals surface area (Å²) in [6, 6.07) is 61.7. The van der Waals surface area contributed by atoms with Gasteiger partial charge in [0.2, 0.25) is 0 Å². The van der Waals surface area contributed by atoms with Crippen molar-refractivity contribution in [3.05, 3.63) is 206 Å². The van der Waals surface area contributed by atoms with E-state index in [9.17, 15) is 0 Å². The molecule has 266 valence electrons. The van der Waals surface area contributed by atoms with Crippen molar-refractivity contribution < 1.29 is 8.22 Å². The minimum absolute atomic E-state index is 0.118. The lowest BCUT2D eigenvalue weighted by atomic mass is 10.0. The third kappa shape index (κ3) is 5.88. The number of thiophene rings is 2. The summed E-state index contributed by atoms with van der Waals surface area (Å²) in [5.41, 5.74) is 8.95. The van der Waals surface area contributed by atoms with Crippen molar-refractivity contribution >= 4 is 109 Å². The largest absolute Gasteiger partial charge is 0.309 e. The lowest BCUT2D eigenvalue weighted by molar-refractivity contribution is 1.30. The van der Waals surface area contributed by atoms with E-state index in [1.807, 2.05) is 48.5 Å². The minimum atomic E-state index is -0.519. The van der Waals surface area contributed by atoms with Crippen molar-refractivity contribution in [2.24, 2.45) is 0 Å². The van der Waals surface area contributed by atoms with Gasteiger partial charge >= 0.3 is 0 Å². The molecule has 0 bridgehead atoms. The number of hydrogen-bond acceptors (Lipinski definition) is 4. The SMILES string of the molecule is [2H]C([2H])=C([2H])c1ccc(N(c2ccc(-c3ccc(N(c4ccc(C([2H])=C([2H])[2H])cc4)c4cccc5c4sc4ccccc45)cc3)cc2)c2cccc3c2sc2ccccc23)cc1. The molecular formula is C52H36N2S2. The van der Waals surface area contributed by atoms with Gasteiger partial charge in [-0.2, -0.15) is 0 Å². The average molecular weight is 759 g/mol. The van der Waals surface area contributed by atoms with Crippen molar-refractivity contribution in [3.8, 4) is 11.1 Å². The Kier molecular flexibility index (Phi) is 7.03. The van der Waals surface area contributed by atoms with E-state index in [1.165, 1.54) is 30.9 Å². The Labute approximate surface area is 343 Å². The summed E-state index contributed by atoms with van der Waals surface area (Å²) in [6.07, 6.45) is 0. The van der Waals surface area contributed by atoms with Crippen LogP contribution in [0.2, 0.25) is 0 Å². The highest BCUT2D eigenvalue weighted by Crippen LogP contribution is 2.47. The third-order valence-corrected chi connectivity index (χ3v) is 12.8. The van der Waals surface area contributed by atoms with E-state index < -0.39 is 13.1 Å². The molecule has 10 aromatic rings. The maximum Gasteiger partial charge on any atom is 0.0640 e. The van der Waals surface area contributed by atoms with Gasteiger partial charge in [0, 0.05) is 53.7 Å². The van der Waals surface area contributed by atoms with E-state index in [-0.39, 0.29) is 12.1 Å². The van der Waals surface area contributed by atoms with Crippen LogP contribution in [0.25, 0.3) is 63.6 Å². The molecule has 0 spiro atoms. The van der Waals surface area contributed by atoms with E-state index in [0.29, 0.717) is 11.1 Å². The smallest absolute Gasteiger partial charge is 0.0640 e. The van der Waals surface area contributed by atoms with Crippen LogP contribution in [0.5, 0.6) is 0 Å². The first-order chi connectivity index (χ1) is 30.2. The van der Waals surface area contributed by atoms with Crippen molar-refractivity contribution in [3.63, 3.8) is 0 Å². The first-order valence-corrected chi connectivity index (χ1v) is 20.0. The molecule has 0 aliphatic heterocycles. The fourth-order valence-electron chi connectivity index (χ4n) is 7.66. The second-order valence-corrected chi connectivity index (χ2v) is 15.7. The highest BCUT2D eigenvalue weighted by atomic mass is 32.1. The van der Waals surface area contributed by atoms with Gasteiger partial charge in [-0.05, 0) is 95.1 Å². The molecule has 0 radical (unpaired) electrons. The fourth-order valence-corrected chi connectivity index (χ4v) is 10.1. The van der Waals surface area contributed by atoms with Crippen molar-refractivity contribution in [1.82, 2.24) is 0 Å². The summed E-state index contributed by atoms with van der Waals surface area (Å²) in [6.45, 7) is -1.04. The number of hydrogen-bond donors (Lipinski definition) is 0. The Balaban J connectivity index is 1.04. The maximum atomic E-state index is 8.23. The molecule has 4 heteroatoms. The molecule has 0 aliphatic rings. The molecule has 0 N–H and O–H groups in total. The summed E-state index contributed by atoms with van der Waals surface area (Å²) in [4.78, 5) is 4.46. The summed E-state index contributed by atoms with van der Waals surface area (Å²) in [5, 5.41) is 4.81. The van der Waals surface area contributed by atoms with Gasteiger partial charge in [-0.25, -0.2) is 0 Å². The molecule has 0 fully saturated rings. The van der Waals surface area contributed by atoms with E-state index in [1.54, 1.807) is 22.7 Å². The molecular weight excluding hydrogens is 717 g/mol. The molecule has 0 atom stereocenters. The molecule has 8 aromatic carbocycles. The van der Waals surface area contributed by atoms with Gasteiger partial charge in [-0.15, -0.1) is 22.7 Å². The monoisotopic (exact) mass is 758 g/mol. The zero-order valence-corrected chi connectivity index (χ0v) is 31.7. The average Bonchev–Trinajstić information content (AvgIpc) is 3.89. The van der Waals surface area contributed by atoms with Crippen LogP contribution < -0.4 is 9.80 Å². The normalized spacial score (nSPS) is 12.7. The number of fused-ring (bicyclic) bond motifs is 6. The van der Waals surface area contributed by atoms with Crippen LogP contribution in [0.4, 0.5) is 34.1 Å². The summed E-state index contributed by atoms with van der Waals surface area (Å²) in [5.74, 6) is 0. The van der Waals surface area contributed by atoms with Gasteiger partial charge in [-0.3, -0.25) is 0 Å². The topological polar surface area (TPSA) is 6.48 Å². The summed E-state index contributed by atoms with van der Waals surface area (Å²) < 4.78 is 52.0. The Bertz CT molecular complexity index is 3120. The lowest BCUT2D eigenvalue weighted by Gasteiger charge is -2.27. The zero-order chi connectivity index (χ0) is 42.5. The molecule has 2 nitrogen and oxygen atoms in total. The highest BCUT2D eigenvalue weighted by Gasteiger charge is 2.20. The second-order valence-electron chi connectivity index (χ2n) is 13.6. The summed E-state index contributed by atoms with van der Waals surface area (Å²) >= 11 is 3.53. The predicted octanol–water partition coefficient (Wildman–Crippen LogP) is 16.3. The van der Waals surface area contributed by atoms with E-state index in [2.05, 4.69) is 143 Å². The van der Waals surface area contributed by atoms with Gasteiger partial charge in [0.15, 0.2) is 0 Å². The first kappa shape index (κ1) is 27.8. The van der Waals surface area contributed by atoms with Crippen molar-refractivity contribution in [2.75, 3.05) is 9.80 Å². The van der Waals surface area contributed by atoms with Crippen molar-refractivity contribution in [2.45, 2.75) is 0 Å². The predicted molar refractivity (Wildman–Crippen MR) is 247 cm³/mol. The van der Waals surface area contributed by atoms with Gasteiger partial charge in [0.1, 0.15) is 0 Å². The molecule has 0 aliphatic carbocycles. The molecule has 0 saturated carbocycles. The van der Waals surface area contributed by atoms with Crippen LogP contribution in [-0.4, -0.2) is 0 Å². The zero-order valence-electron chi connectivity index (χ0n) is 36.0. The van der Waals surface area contributed by atoms with Crippen LogP contribution in [0.15, 0.2) is 195 Å². The molecule has 2 heterocycles. The fraction of sp³-hybridized carbons (Fsp3) is 0. The Morgan fingerprint density at radius 3 is 1.14 bits per heavy atom. The van der Waals surface area contributed by atoms with Crippen LogP contribution in [0.1, 0.15) is 19.4 Å². The molecule has 10 rings (SSSR count). The van der Waals surface area contributed by atoms with Gasteiger partial charge in [0.05, 0.1) is 29.0 Å². The Morgan fingerprint density at radius 1 is 0.393 bits per heavy atom. The summed E-state index contributed by atoms with van der Waals surface area (Å²) in [7, 11) is 0. The lowest BCUT2D eigenvalue weighted by Crippen LogP contribution is -2.10. The quantitative estimate of drug-likeness (QED) is 0.145. The number of nitrogens with zero attached hydrogens (tertiary/aromatic N) is 2. The van der Waals surface area contributed by atoms with Crippen molar-refractivity contribution in [1.29, 1.82) is 0 Å². The number of benzene rings is 8.